The van der Waals surface area contributed by atoms with Crippen LogP contribution in [0.3, 0.4) is 0 Å². The third-order valence-corrected chi connectivity index (χ3v) is 4.00. The molecule has 0 aliphatic carbocycles. The van der Waals surface area contributed by atoms with Crippen LogP contribution >= 0.6 is 0 Å². The van der Waals surface area contributed by atoms with Crippen LogP contribution in [0, 0.1) is 0 Å². The number of fused-ring (bicyclic) bond motifs is 2. The molecule has 0 spiro atoms. The second-order valence-electron chi connectivity index (χ2n) is 5.59. The van der Waals surface area contributed by atoms with E-state index in [2.05, 4.69) is 17.8 Å². The van der Waals surface area contributed by atoms with Gasteiger partial charge in [0.25, 0.3) is 5.91 Å². The minimum Gasteiger partial charge on any atom is -0.309 e. The summed E-state index contributed by atoms with van der Waals surface area (Å²) in [5.41, 5.74) is 4.72. The maximum Gasteiger partial charge on any atom is 0.345 e. The first-order valence-corrected chi connectivity index (χ1v) is 7.89. The number of hydrogen-bond donors (Lipinski definition) is 2. The molecule has 2 bridgehead atoms. The van der Waals surface area contributed by atoms with Gasteiger partial charge in [-0.3, -0.25) is 25.3 Å². The van der Waals surface area contributed by atoms with Crippen LogP contribution in [0.4, 0.5) is 4.79 Å². The summed E-state index contributed by atoms with van der Waals surface area (Å²) in [5, 5.41) is 1.41. The minimum atomic E-state index is -0.555. The summed E-state index contributed by atoms with van der Waals surface area (Å²) in [6.45, 7) is 4.75. The zero-order valence-corrected chi connectivity index (χ0v) is 13.1. The van der Waals surface area contributed by atoms with Gasteiger partial charge >= 0.3 is 6.03 Å². The number of hydroxylamine groups is 2. The molecule has 2 aliphatic rings. The number of nitrogens with one attached hydrogen (secondary N) is 2. The molecular weight excluding hydrogens is 288 g/mol. The highest BCUT2D eigenvalue weighted by atomic mass is 16.7. The Labute approximate surface area is 130 Å². The van der Waals surface area contributed by atoms with Crippen molar-refractivity contribution in [1.82, 2.24) is 20.8 Å². The average molecular weight is 312 g/mol. The third-order valence-electron chi connectivity index (χ3n) is 4.00. The summed E-state index contributed by atoms with van der Waals surface area (Å²) >= 11 is 0. The number of carbonyl (C=O) groups excluding carboxylic acids is 3. The second kappa shape index (κ2) is 7.44. The number of hydrogen-bond acceptors (Lipinski definition) is 4. The quantitative estimate of drug-likeness (QED) is 0.553. The first-order valence-electron chi connectivity index (χ1n) is 7.89. The van der Waals surface area contributed by atoms with E-state index in [9.17, 15) is 14.4 Å². The van der Waals surface area contributed by atoms with E-state index in [-0.39, 0.29) is 30.3 Å². The number of urea groups is 1. The Bertz CT molecular complexity index is 443. The molecule has 2 rings (SSSR count). The molecule has 2 heterocycles. The van der Waals surface area contributed by atoms with Crippen LogP contribution in [0.25, 0.3) is 0 Å². The maximum atomic E-state index is 12.3. The topological polar surface area (TPSA) is 91.0 Å². The first kappa shape index (κ1) is 16.5. The summed E-state index contributed by atoms with van der Waals surface area (Å²) in [7, 11) is 0. The summed E-state index contributed by atoms with van der Waals surface area (Å²) in [4.78, 5) is 42.8. The van der Waals surface area contributed by atoms with Crippen molar-refractivity contribution >= 4 is 17.8 Å². The normalized spacial score (nSPS) is 23.6. The molecule has 8 nitrogen and oxygen atoms in total. The maximum absolute atomic E-state index is 12.3. The van der Waals surface area contributed by atoms with E-state index < -0.39 is 6.04 Å². The molecule has 0 aromatic carbocycles. The zero-order valence-electron chi connectivity index (χ0n) is 13.1. The summed E-state index contributed by atoms with van der Waals surface area (Å²) in [6.07, 6.45) is 3.46. The highest BCUT2D eigenvalue weighted by molar-refractivity contribution is 5.89. The smallest absolute Gasteiger partial charge is 0.309 e. The van der Waals surface area contributed by atoms with Gasteiger partial charge in [0.05, 0.1) is 12.6 Å². The molecule has 0 aromatic rings. The summed E-state index contributed by atoms with van der Waals surface area (Å²) < 4.78 is 0. The summed E-state index contributed by atoms with van der Waals surface area (Å²) in [6, 6.07) is -0.806. The van der Waals surface area contributed by atoms with Gasteiger partial charge in [-0.1, -0.05) is 20.3 Å². The second-order valence-corrected chi connectivity index (χ2v) is 5.59. The van der Waals surface area contributed by atoms with Crippen LogP contribution in [0.1, 0.15) is 46.0 Å². The largest absolute Gasteiger partial charge is 0.345 e. The van der Waals surface area contributed by atoms with E-state index in [1.165, 1.54) is 9.96 Å². The Hall–Kier alpha value is -1.83. The molecule has 0 radical (unpaired) electrons. The Kier molecular flexibility index (Phi) is 5.59. The van der Waals surface area contributed by atoms with Crippen LogP contribution < -0.4 is 10.9 Å². The van der Waals surface area contributed by atoms with Gasteiger partial charge in [0.2, 0.25) is 5.91 Å². The van der Waals surface area contributed by atoms with Crippen molar-refractivity contribution in [3.8, 4) is 0 Å². The molecule has 2 atom stereocenters. The molecule has 124 valence electrons. The lowest BCUT2D eigenvalue weighted by Crippen LogP contribution is -2.54. The van der Waals surface area contributed by atoms with Gasteiger partial charge in [-0.15, -0.1) is 0 Å². The van der Waals surface area contributed by atoms with Gasteiger partial charge in [-0.2, -0.15) is 5.06 Å². The third kappa shape index (κ3) is 3.49. The SMILES string of the molecule is CCCCON1C(=O)N2C[C@@H]1CC[C@H]2C(=O)NNC(=O)CC. The van der Waals surface area contributed by atoms with Crippen LogP contribution in [0.15, 0.2) is 0 Å². The van der Waals surface area contributed by atoms with E-state index in [1.807, 2.05) is 0 Å². The lowest BCUT2D eigenvalue weighted by Gasteiger charge is -2.29. The van der Waals surface area contributed by atoms with E-state index >= 15 is 0 Å². The fraction of sp³-hybridized carbons (Fsp3) is 0.786. The van der Waals surface area contributed by atoms with E-state index in [0.717, 1.165) is 12.8 Å². The molecule has 0 unspecified atom stereocenters. The van der Waals surface area contributed by atoms with Crippen molar-refractivity contribution in [3.05, 3.63) is 0 Å². The molecule has 2 fully saturated rings. The number of hydrazine groups is 1. The molecule has 2 saturated heterocycles. The Balaban J connectivity index is 1.91. The molecular formula is C14H24N4O4. The van der Waals surface area contributed by atoms with Gasteiger partial charge in [-0.05, 0) is 19.3 Å². The lowest BCUT2D eigenvalue weighted by molar-refractivity contribution is -0.132. The number of amides is 4. The molecule has 0 saturated carbocycles. The molecule has 0 aromatic heterocycles. The average Bonchev–Trinajstić information content (AvgIpc) is 2.77. The predicted molar refractivity (Wildman–Crippen MR) is 78.2 cm³/mol. The van der Waals surface area contributed by atoms with Crippen LogP contribution in [-0.2, 0) is 14.4 Å². The minimum absolute atomic E-state index is 0.0126. The predicted octanol–water partition coefficient (Wildman–Crippen LogP) is 0.544. The van der Waals surface area contributed by atoms with Crippen molar-refractivity contribution < 1.29 is 19.2 Å². The Morgan fingerprint density at radius 3 is 2.73 bits per heavy atom. The number of carbonyl (C=O) groups is 3. The highest BCUT2D eigenvalue weighted by Gasteiger charge is 2.47. The Morgan fingerprint density at radius 1 is 1.27 bits per heavy atom. The molecule has 2 N–H and O–H groups in total. The van der Waals surface area contributed by atoms with Gasteiger partial charge in [0, 0.05) is 13.0 Å². The zero-order chi connectivity index (χ0) is 16.1. The molecule has 2 aliphatic heterocycles. The summed E-state index contributed by atoms with van der Waals surface area (Å²) in [5.74, 6) is -0.622. The Morgan fingerprint density at radius 2 is 2.05 bits per heavy atom. The number of unbranched alkanes of at least 4 members (excludes halogenated alkanes) is 1. The fourth-order valence-electron chi connectivity index (χ4n) is 2.68. The van der Waals surface area contributed by atoms with Gasteiger partial charge in [0.1, 0.15) is 6.04 Å². The highest BCUT2D eigenvalue weighted by Crippen LogP contribution is 2.30. The van der Waals surface area contributed by atoms with E-state index in [4.69, 9.17) is 4.84 Å². The van der Waals surface area contributed by atoms with Crippen molar-refractivity contribution in [3.63, 3.8) is 0 Å². The first-order chi connectivity index (χ1) is 10.6. The van der Waals surface area contributed by atoms with Crippen LogP contribution in [0.5, 0.6) is 0 Å². The van der Waals surface area contributed by atoms with Crippen molar-refractivity contribution in [2.75, 3.05) is 13.2 Å². The van der Waals surface area contributed by atoms with Gasteiger partial charge < -0.3 is 4.90 Å². The van der Waals surface area contributed by atoms with Gasteiger partial charge in [-0.25, -0.2) is 4.79 Å². The fourth-order valence-corrected chi connectivity index (χ4v) is 2.68. The monoisotopic (exact) mass is 312 g/mol. The standard InChI is InChI=1S/C14H24N4O4/c1-3-5-8-22-18-10-6-7-11(17(9-10)14(18)21)13(20)16-15-12(19)4-2/h10-11H,3-9H2,1-2H3,(H,15,19)(H,16,20)/t10-,11-/m0/s1. The van der Waals surface area contributed by atoms with Crippen LogP contribution in [-0.4, -0.2) is 53.0 Å². The molecule has 8 heteroatoms. The lowest BCUT2D eigenvalue weighted by atomic mass is 10.0. The van der Waals surface area contributed by atoms with E-state index in [1.54, 1.807) is 6.92 Å². The van der Waals surface area contributed by atoms with Crippen molar-refractivity contribution in [2.45, 2.75) is 58.0 Å². The molecule has 4 amide bonds. The number of rotatable bonds is 6. The number of nitrogens with zero attached hydrogens (tertiary/aromatic N) is 2. The van der Waals surface area contributed by atoms with Crippen LogP contribution in [0.2, 0.25) is 0 Å². The van der Waals surface area contributed by atoms with Crippen molar-refractivity contribution in [1.29, 1.82) is 0 Å². The van der Waals surface area contributed by atoms with Gasteiger partial charge in [0.15, 0.2) is 0 Å². The van der Waals surface area contributed by atoms with E-state index in [0.29, 0.717) is 26.0 Å². The van der Waals surface area contributed by atoms with Crippen molar-refractivity contribution in [2.24, 2.45) is 0 Å². The number of piperidine rings is 1. The molecule has 22 heavy (non-hydrogen) atoms.